The number of thiophene rings is 1. The maximum absolute atomic E-state index is 13.2. The molecule has 1 aliphatic heterocycles. The van der Waals surface area contributed by atoms with Gasteiger partial charge in [-0.05, 0) is 49.1 Å². The van der Waals surface area contributed by atoms with E-state index in [1.54, 1.807) is 6.33 Å². The van der Waals surface area contributed by atoms with Crippen molar-refractivity contribution in [2.24, 2.45) is 0 Å². The van der Waals surface area contributed by atoms with Crippen LogP contribution in [-0.2, 0) is 13.0 Å². The fraction of sp³-hybridized carbons (Fsp3) is 0.240. The van der Waals surface area contributed by atoms with Gasteiger partial charge in [-0.15, -0.1) is 11.3 Å². The first-order valence-electron chi connectivity index (χ1n) is 10.7. The number of amides is 1. The van der Waals surface area contributed by atoms with Gasteiger partial charge in [0.15, 0.2) is 0 Å². The molecule has 0 bridgehead atoms. The molecule has 5 rings (SSSR count). The number of ether oxygens (including phenoxy) is 1. The molecule has 0 aliphatic carbocycles. The lowest BCUT2D eigenvalue weighted by Gasteiger charge is -2.30. The van der Waals surface area contributed by atoms with Crippen LogP contribution >= 0.6 is 11.3 Å². The van der Waals surface area contributed by atoms with Gasteiger partial charge in [-0.25, -0.2) is 9.97 Å². The fourth-order valence-corrected chi connectivity index (χ4v) is 5.25. The highest BCUT2D eigenvalue weighted by atomic mass is 32.1. The molecular formula is C25H24N4O2S. The van der Waals surface area contributed by atoms with Gasteiger partial charge in [0, 0.05) is 13.1 Å². The molecule has 0 fully saturated rings. The molecule has 32 heavy (non-hydrogen) atoms. The Kier molecular flexibility index (Phi) is 5.49. The number of nitrogens with zero attached hydrogens (tertiary/aromatic N) is 3. The minimum atomic E-state index is -0.160. The molecule has 4 aromatic rings. The van der Waals surface area contributed by atoms with Crippen LogP contribution in [0.25, 0.3) is 10.2 Å². The molecule has 0 atom stereocenters. The predicted octanol–water partition coefficient (Wildman–Crippen LogP) is 5.21. The zero-order chi connectivity index (χ0) is 22.1. The van der Waals surface area contributed by atoms with Crippen molar-refractivity contribution in [2.45, 2.75) is 26.8 Å². The molecule has 0 spiro atoms. The summed E-state index contributed by atoms with van der Waals surface area (Å²) in [5.41, 5.74) is 4.29. The van der Waals surface area contributed by atoms with Crippen LogP contribution in [0.3, 0.4) is 0 Å². The van der Waals surface area contributed by atoms with Gasteiger partial charge in [0.1, 0.15) is 22.7 Å². The topological polar surface area (TPSA) is 67.3 Å². The number of anilines is 2. The highest BCUT2D eigenvalue weighted by Gasteiger charge is 2.24. The van der Waals surface area contributed by atoms with Crippen LogP contribution in [0.5, 0.6) is 5.75 Å². The molecule has 2 aromatic heterocycles. The van der Waals surface area contributed by atoms with Crippen molar-refractivity contribution in [2.75, 3.05) is 23.4 Å². The fourth-order valence-electron chi connectivity index (χ4n) is 4.22. The summed E-state index contributed by atoms with van der Waals surface area (Å²) in [6.45, 7) is 6.14. The minimum Gasteiger partial charge on any atom is -0.492 e. The van der Waals surface area contributed by atoms with Gasteiger partial charge < -0.3 is 15.0 Å². The third-order valence-electron chi connectivity index (χ3n) is 5.78. The Bertz CT molecular complexity index is 1300. The summed E-state index contributed by atoms with van der Waals surface area (Å²) in [6.07, 6.45) is 2.58. The van der Waals surface area contributed by atoms with Gasteiger partial charge in [0.25, 0.3) is 5.91 Å². The molecule has 7 heteroatoms. The van der Waals surface area contributed by atoms with Gasteiger partial charge >= 0.3 is 0 Å². The van der Waals surface area contributed by atoms with E-state index in [1.807, 2.05) is 38.1 Å². The summed E-state index contributed by atoms with van der Waals surface area (Å²) in [5.74, 6) is 1.40. The number of nitrogens with one attached hydrogen (secondary N) is 1. The molecule has 162 valence electrons. The summed E-state index contributed by atoms with van der Waals surface area (Å²) >= 11 is 1.40. The van der Waals surface area contributed by atoms with E-state index in [2.05, 4.69) is 44.5 Å². The molecule has 0 saturated carbocycles. The van der Waals surface area contributed by atoms with E-state index in [-0.39, 0.29) is 5.91 Å². The number of fused-ring (bicyclic) bond motifs is 2. The van der Waals surface area contributed by atoms with Crippen molar-refractivity contribution < 1.29 is 9.53 Å². The number of hydrogen-bond acceptors (Lipinski definition) is 6. The summed E-state index contributed by atoms with van der Waals surface area (Å²) < 4.78 is 5.65. The first-order chi connectivity index (χ1) is 15.7. The molecular weight excluding hydrogens is 420 g/mol. The average Bonchev–Trinajstić information content (AvgIpc) is 3.17. The van der Waals surface area contributed by atoms with Gasteiger partial charge in [-0.1, -0.05) is 36.4 Å². The molecule has 1 N–H and O–H groups in total. The maximum atomic E-state index is 13.2. The number of benzene rings is 2. The summed E-state index contributed by atoms with van der Waals surface area (Å²) in [5, 5.41) is 3.97. The Morgan fingerprint density at radius 2 is 1.91 bits per heavy atom. The van der Waals surface area contributed by atoms with Crippen LogP contribution in [0, 0.1) is 6.92 Å². The standard InChI is InChI=1S/C25H24N4O2S/c1-3-31-20-11-7-6-10-19(20)28-24(30)22-16(2)21-23(26-15-27-25(21)32-22)29-13-12-17-8-4-5-9-18(17)14-29/h4-11,15H,3,12-14H2,1-2H3,(H,28,30). The normalized spacial score (nSPS) is 13.1. The second kappa shape index (κ2) is 8.59. The third-order valence-corrected chi connectivity index (χ3v) is 6.98. The lowest BCUT2D eigenvalue weighted by Crippen LogP contribution is -2.31. The van der Waals surface area contributed by atoms with E-state index in [0.29, 0.717) is 22.9 Å². The predicted molar refractivity (Wildman–Crippen MR) is 129 cm³/mol. The van der Waals surface area contributed by atoms with E-state index in [1.165, 1.54) is 22.5 Å². The van der Waals surface area contributed by atoms with E-state index in [0.717, 1.165) is 41.1 Å². The Balaban J connectivity index is 1.48. The van der Waals surface area contributed by atoms with Crippen molar-refractivity contribution in [1.29, 1.82) is 0 Å². The lowest BCUT2D eigenvalue weighted by molar-refractivity contribution is 0.102. The molecule has 0 saturated heterocycles. The second-order valence-electron chi connectivity index (χ2n) is 7.76. The Hall–Kier alpha value is -3.45. The zero-order valence-electron chi connectivity index (χ0n) is 18.1. The number of carbonyl (C=O) groups is 1. The number of aromatic nitrogens is 2. The average molecular weight is 445 g/mol. The van der Waals surface area contributed by atoms with Crippen LogP contribution in [0.1, 0.15) is 33.3 Å². The van der Waals surface area contributed by atoms with Crippen LogP contribution in [-0.4, -0.2) is 29.0 Å². The van der Waals surface area contributed by atoms with Crippen molar-refractivity contribution in [3.05, 3.63) is 76.4 Å². The van der Waals surface area contributed by atoms with Gasteiger partial charge in [0.05, 0.1) is 22.6 Å². The molecule has 1 aliphatic rings. The number of hydrogen-bond donors (Lipinski definition) is 1. The number of rotatable bonds is 5. The van der Waals surface area contributed by atoms with Crippen molar-refractivity contribution in [3.8, 4) is 5.75 Å². The smallest absolute Gasteiger partial charge is 0.266 e. The largest absolute Gasteiger partial charge is 0.492 e. The van der Waals surface area contributed by atoms with Gasteiger partial charge in [-0.3, -0.25) is 4.79 Å². The van der Waals surface area contributed by atoms with Crippen LogP contribution in [0.4, 0.5) is 11.5 Å². The molecule has 0 radical (unpaired) electrons. The van der Waals surface area contributed by atoms with E-state index < -0.39 is 0 Å². The summed E-state index contributed by atoms with van der Waals surface area (Å²) in [6, 6.07) is 16.0. The SMILES string of the molecule is CCOc1ccccc1NC(=O)c1sc2ncnc(N3CCc4ccccc4C3)c2c1C. The Morgan fingerprint density at radius 1 is 1.12 bits per heavy atom. The van der Waals surface area contributed by atoms with Gasteiger partial charge in [0.2, 0.25) is 0 Å². The van der Waals surface area contributed by atoms with Crippen LogP contribution < -0.4 is 15.0 Å². The van der Waals surface area contributed by atoms with Crippen molar-refractivity contribution in [1.82, 2.24) is 9.97 Å². The van der Waals surface area contributed by atoms with Crippen molar-refractivity contribution >= 4 is 39.0 Å². The van der Waals surface area contributed by atoms with E-state index >= 15 is 0 Å². The molecule has 6 nitrogen and oxygen atoms in total. The third kappa shape index (κ3) is 3.69. The Morgan fingerprint density at radius 3 is 2.75 bits per heavy atom. The molecule has 1 amide bonds. The molecule has 0 unspecified atom stereocenters. The quantitative estimate of drug-likeness (QED) is 0.457. The van der Waals surface area contributed by atoms with Gasteiger partial charge in [-0.2, -0.15) is 0 Å². The summed E-state index contributed by atoms with van der Waals surface area (Å²) in [7, 11) is 0. The highest BCUT2D eigenvalue weighted by Crippen LogP contribution is 2.37. The highest BCUT2D eigenvalue weighted by molar-refractivity contribution is 7.20. The minimum absolute atomic E-state index is 0.160. The number of aryl methyl sites for hydroxylation is 1. The molecule has 3 heterocycles. The van der Waals surface area contributed by atoms with E-state index in [4.69, 9.17) is 4.74 Å². The molecule has 2 aromatic carbocycles. The Labute approximate surface area is 190 Å². The second-order valence-corrected chi connectivity index (χ2v) is 8.76. The summed E-state index contributed by atoms with van der Waals surface area (Å²) in [4.78, 5) is 26.1. The number of carbonyl (C=O) groups excluding carboxylic acids is 1. The lowest BCUT2D eigenvalue weighted by atomic mass is 9.99. The zero-order valence-corrected chi connectivity index (χ0v) is 18.9. The first-order valence-corrected chi connectivity index (χ1v) is 11.6. The number of para-hydroxylation sites is 2. The van der Waals surface area contributed by atoms with Crippen molar-refractivity contribution in [3.63, 3.8) is 0 Å². The first kappa shape index (κ1) is 20.5. The van der Waals surface area contributed by atoms with E-state index in [9.17, 15) is 4.79 Å². The van der Waals surface area contributed by atoms with Crippen LogP contribution in [0.15, 0.2) is 54.9 Å². The maximum Gasteiger partial charge on any atom is 0.266 e. The van der Waals surface area contributed by atoms with Crippen LogP contribution in [0.2, 0.25) is 0 Å². The monoisotopic (exact) mass is 444 g/mol.